The topological polar surface area (TPSA) is 20.3 Å². The number of carbonyl (C=O) groups is 1. The molecule has 2 nitrogen and oxygen atoms in total. The number of alkyl halides is 1. The van der Waals surface area contributed by atoms with Gasteiger partial charge in [0.15, 0.2) is 0 Å². The van der Waals surface area contributed by atoms with Crippen molar-refractivity contribution >= 4 is 27.9 Å². The Morgan fingerprint density at radius 1 is 1.40 bits per heavy atom. The molecule has 0 spiro atoms. The molecule has 0 saturated carbocycles. The van der Waals surface area contributed by atoms with Crippen molar-refractivity contribution in [2.45, 2.75) is 32.2 Å². The maximum atomic E-state index is 12.1. The van der Waals surface area contributed by atoms with Crippen LogP contribution in [0.5, 0.6) is 0 Å². The molecule has 0 bridgehead atoms. The third-order valence-electron chi connectivity index (χ3n) is 3.47. The monoisotopic (exact) mass is 333 g/mol. The van der Waals surface area contributed by atoms with E-state index in [1.165, 1.54) is 24.0 Å². The van der Waals surface area contributed by atoms with E-state index in [9.17, 15) is 4.79 Å². The molecule has 0 aromatic heterocycles. The lowest BCUT2D eigenvalue weighted by Gasteiger charge is -2.31. The van der Waals surface area contributed by atoms with E-state index < -0.39 is 0 Å². The van der Waals surface area contributed by atoms with Crippen molar-refractivity contribution in [1.29, 1.82) is 0 Å². The number of benzene rings is 1. The molecule has 0 radical (unpaired) electrons. The highest BCUT2D eigenvalue weighted by Gasteiger charge is 2.24. The van der Waals surface area contributed by atoms with E-state index in [1.54, 1.807) is 4.90 Å². The first-order valence-corrected chi connectivity index (χ1v) is 8.21. The van der Waals surface area contributed by atoms with Crippen molar-refractivity contribution in [2.24, 2.45) is 0 Å². The standard InChI is InChI=1S/C17H20BrNO/c1-2-3-4-5-10-16-15-9-7-6-8-14(15)11-12-19(16)17(20)13-18/h5-12,16H,2-4,13H2,1H3/b10-5+. The maximum absolute atomic E-state index is 12.1. The highest BCUT2D eigenvalue weighted by atomic mass is 79.9. The molecule has 3 heteroatoms. The molecular weight excluding hydrogens is 314 g/mol. The Morgan fingerprint density at radius 3 is 2.95 bits per heavy atom. The van der Waals surface area contributed by atoms with Gasteiger partial charge in [-0.15, -0.1) is 0 Å². The fraction of sp³-hybridized carbons (Fsp3) is 0.353. The molecule has 1 aromatic rings. The van der Waals surface area contributed by atoms with E-state index in [2.05, 4.69) is 47.1 Å². The van der Waals surface area contributed by atoms with Crippen LogP contribution in [-0.4, -0.2) is 16.1 Å². The van der Waals surface area contributed by atoms with Crippen molar-refractivity contribution in [2.75, 3.05) is 5.33 Å². The van der Waals surface area contributed by atoms with Crippen LogP contribution in [0.3, 0.4) is 0 Å². The Morgan fingerprint density at radius 2 is 2.20 bits per heavy atom. The minimum Gasteiger partial charge on any atom is -0.307 e. The van der Waals surface area contributed by atoms with E-state index >= 15 is 0 Å². The first-order valence-electron chi connectivity index (χ1n) is 7.08. The first-order chi connectivity index (χ1) is 9.77. The molecule has 0 N–H and O–H groups in total. The van der Waals surface area contributed by atoms with Crippen LogP contribution in [0.1, 0.15) is 43.4 Å². The quantitative estimate of drug-likeness (QED) is 0.435. The predicted molar refractivity (Wildman–Crippen MR) is 87.5 cm³/mol. The van der Waals surface area contributed by atoms with Gasteiger partial charge in [0, 0.05) is 6.20 Å². The van der Waals surface area contributed by atoms with Gasteiger partial charge in [-0.2, -0.15) is 0 Å². The minimum atomic E-state index is 0.0121. The van der Waals surface area contributed by atoms with Gasteiger partial charge in [-0.05, 0) is 23.6 Å². The number of amides is 1. The average Bonchev–Trinajstić information content (AvgIpc) is 2.50. The van der Waals surface area contributed by atoms with Crippen LogP contribution in [-0.2, 0) is 4.79 Å². The number of carbonyl (C=O) groups excluding carboxylic acids is 1. The van der Waals surface area contributed by atoms with Crippen LogP contribution in [0, 0.1) is 0 Å². The van der Waals surface area contributed by atoms with Crippen molar-refractivity contribution < 1.29 is 4.79 Å². The molecule has 20 heavy (non-hydrogen) atoms. The molecule has 1 aliphatic heterocycles. The third kappa shape index (κ3) is 3.40. The van der Waals surface area contributed by atoms with Gasteiger partial charge in [-0.25, -0.2) is 0 Å². The van der Waals surface area contributed by atoms with Crippen LogP contribution in [0.4, 0.5) is 0 Å². The zero-order chi connectivity index (χ0) is 14.4. The van der Waals surface area contributed by atoms with Crippen LogP contribution in [0.15, 0.2) is 42.6 Å². The van der Waals surface area contributed by atoms with Gasteiger partial charge in [-0.1, -0.05) is 72.1 Å². The molecule has 1 heterocycles. The van der Waals surface area contributed by atoms with E-state index in [0.29, 0.717) is 5.33 Å². The summed E-state index contributed by atoms with van der Waals surface area (Å²) in [5.41, 5.74) is 2.38. The Hall–Kier alpha value is -1.35. The van der Waals surface area contributed by atoms with Crippen molar-refractivity contribution in [3.8, 4) is 0 Å². The lowest BCUT2D eigenvalue weighted by atomic mass is 9.95. The summed E-state index contributed by atoms with van der Waals surface area (Å²) in [6.45, 7) is 2.19. The molecule has 1 aromatic carbocycles. The molecule has 1 amide bonds. The summed E-state index contributed by atoms with van der Waals surface area (Å²) in [4.78, 5) is 13.9. The Labute approximate surface area is 129 Å². The van der Waals surface area contributed by atoms with Crippen LogP contribution >= 0.6 is 15.9 Å². The van der Waals surface area contributed by atoms with E-state index in [-0.39, 0.29) is 11.9 Å². The van der Waals surface area contributed by atoms with Gasteiger partial charge in [0.05, 0.1) is 11.4 Å². The number of fused-ring (bicyclic) bond motifs is 1. The van der Waals surface area contributed by atoms with Crippen molar-refractivity contribution in [3.63, 3.8) is 0 Å². The molecule has 1 unspecified atom stereocenters. The third-order valence-corrected chi connectivity index (χ3v) is 3.95. The number of halogens is 1. The fourth-order valence-electron chi connectivity index (χ4n) is 2.39. The number of unbranched alkanes of at least 4 members (excludes halogenated alkanes) is 2. The van der Waals surface area contributed by atoms with Crippen LogP contribution in [0.2, 0.25) is 0 Å². The molecule has 106 valence electrons. The summed E-state index contributed by atoms with van der Waals surface area (Å²) in [5.74, 6) is 0.0842. The molecule has 0 aliphatic carbocycles. The smallest absolute Gasteiger partial charge is 0.237 e. The second kappa shape index (κ2) is 7.44. The molecule has 0 fully saturated rings. The summed E-state index contributed by atoms with van der Waals surface area (Å²) < 4.78 is 0. The largest absolute Gasteiger partial charge is 0.307 e. The molecule has 0 saturated heterocycles. The average molecular weight is 334 g/mol. The molecular formula is C17H20BrNO. The second-order valence-corrected chi connectivity index (χ2v) is 5.46. The summed E-state index contributed by atoms with van der Waals surface area (Å²) in [6.07, 6.45) is 11.7. The van der Waals surface area contributed by atoms with Gasteiger partial charge in [-0.3, -0.25) is 4.79 Å². The number of nitrogens with zero attached hydrogens (tertiary/aromatic N) is 1. The molecule has 2 rings (SSSR count). The molecule has 1 atom stereocenters. The summed E-state index contributed by atoms with van der Waals surface area (Å²) in [6, 6.07) is 8.26. The highest BCUT2D eigenvalue weighted by Crippen LogP contribution is 2.31. The van der Waals surface area contributed by atoms with Gasteiger partial charge >= 0.3 is 0 Å². The minimum absolute atomic E-state index is 0.0121. The SMILES string of the molecule is CCCC/C=C/C1c2ccccc2C=CN1C(=O)CBr. The second-order valence-electron chi connectivity index (χ2n) is 4.89. The maximum Gasteiger partial charge on any atom is 0.237 e. The molecule has 1 aliphatic rings. The Bertz CT molecular complexity index is 521. The predicted octanol–water partition coefficient (Wildman–Crippen LogP) is 4.68. The van der Waals surface area contributed by atoms with Gasteiger partial charge in [0.1, 0.15) is 0 Å². The highest BCUT2D eigenvalue weighted by molar-refractivity contribution is 9.09. The summed E-state index contributed by atoms with van der Waals surface area (Å²) in [7, 11) is 0. The van der Waals surface area contributed by atoms with Gasteiger partial charge < -0.3 is 4.90 Å². The zero-order valence-corrected chi connectivity index (χ0v) is 13.3. The van der Waals surface area contributed by atoms with E-state index in [0.717, 1.165) is 6.42 Å². The Balaban J connectivity index is 2.27. The first kappa shape index (κ1) is 15.0. The lowest BCUT2D eigenvalue weighted by molar-refractivity contribution is -0.127. The van der Waals surface area contributed by atoms with Crippen LogP contribution in [0.25, 0.3) is 6.08 Å². The van der Waals surface area contributed by atoms with Crippen LogP contribution < -0.4 is 0 Å². The number of hydrogen-bond donors (Lipinski definition) is 0. The summed E-state index contributed by atoms with van der Waals surface area (Å²) in [5, 5.41) is 0.346. The fourth-order valence-corrected chi connectivity index (χ4v) is 2.68. The van der Waals surface area contributed by atoms with E-state index in [4.69, 9.17) is 0 Å². The number of rotatable bonds is 5. The van der Waals surface area contributed by atoms with E-state index in [1.807, 2.05) is 24.4 Å². The van der Waals surface area contributed by atoms with Gasteiger partial charge in [0.2, 0.25) is 5.91 Å². The number of allylic oxidation sites excluding steroid dienone is 1. The van der Waals surface area contributed by atoms with Gasteiger partial charge in [0.25, 0.3) is 0 Å². The van der Waals surface area contributed by atoms with Crippen molar-refractivity contribution in [3.05, 3.63) is 53.7 Å². The number of hydrogen-bond acceptors (Lipinski definition) is 1. The normalized spacial score (nSPS) is 17.5. The zero-order valence-electron chi connectivity index (χ0n) is 11.8. The lowest BCUT2D eigenvalue weighted by Crippen LogP contribution is -2.32. The Kier molecular flexibility index (Phi) is 5.60. The summed E-state index contributed by atoms with van der Waals surface area (Å²) >= 11 is 3.26. The van der Waals surface area contributed by atoms with Crippen molar-refractivity contribution in [1.82, 2.24) is 4.90 Å².